The average molecular weight is 445 g/mol. The summed E-state index contributed by atoms with van der Waals surface area (Å²) in [5.41, 5.74) is 3.87. The van der Waals surface area contributed by atoms with E-state index in [9.17, 15) is 9.59 Å². The van der Waals surface area contributed by atoms with Gasteiger partial charge in [0.25, 0.3) is 11.8 Å². The smallest absolute Gasteiger partial charge is 0.259 e. The first-order valence-corrected chi connectivity index (χ1v) is 9.52. The second-order valence-corrected chi connectivity index (χ2v) is 6.40. The van der Waals surface area contributed by atoms with Crippen LogP contribution in [0.1, 0.15) is 22.8 Å². The number of nitrogens with zero attached hydrogens (tertiary/aromatic N) is 1. The summed E-state index contributed by atoms with van der Waals surface area (Å²) < 4.78 is 26.2. The maximum atomic E-state index is 12.5. The van der Waals surface area contributed by atoms with Gasteiger partial charge in [0.1, 0.15) is 11.5 Å². The molecule has 2 rings (SSSR count). The van der Waals surface area contributed by atoms with Crippen LogP contribution in [0.25, 0.3) is 0 Å². The Labute approximate surface area is 186 Å². The molecule has 0 unspecified atom stereocenters. The van der Waals surface area contributed by atoms with E-state index in [2.05, 4.69) is 15.8 Å². The Bertz CT molecular complexity index is 980. The van der Waals surface area contributed by atoms with Gasteiger partial charge in [0.05, 0.1) is 47.8 Å². The lowest BCUT2D eigenvalue weighted by Crippen LogP contribution is -2.35. The van der Waals surface area contributed by atoms with Crippen molar-refractivity contribution in [2.45, 2.75) is 6.92 Å². The Morgan fingerprint density at radius 2 is 1.47 bits per heavy atom. The number of rotatable bonds is 10. The number of hydrazone groups is 1. The third kappa shape index (κ3) is 5.81. The predicted molar refractivity (Wildman–Crippen MR) is 118 cm³/mol. The highest BCUT2D eigenvalue weighted by molar-refractivity contribution is 6.02. The molecule has 172 valence electrons. The minimum Gasteiger partial charge on any atom is -0.497 e. The van der Waals surface area contributed by atoms with Crippen LogP contribution in [-0.2, 0) is 4.79 Å². The first kappa shape index (κ1) is 24.3. The van der Waals surface area contributed by atoms with Crippen LogP contribution in [0.5, 0.6) is 28.7 Å². The third-order valence-electron chi connectivity index (χ3n) is 4.48. The molecule has 0 atom stereocenters. The van der Waals surface area contributed by atoms with E-state index in [4.69, 9.17) is 23.7 Å². The van der Waals surface area contributed by atoms with Gasteiger partial charge in [-0.05, 0) is 31.2 Å². The number of carbonyl (C=O) groups is 2. The number of hydrogen-bond donors (Lipinski definition) is 2. The van der Waals surface area contributed by atoms with Crippen molar-refractivity contribution in [3.8, 4) is 28.7 Å². The Hall–Kier alpha value is -3.95. The number of nitrogens with one attached hydrogen (secondary N) is 2. The fourth-order valence-corrected chi connectivity index (χ4v) is 2.82. The molecule has 0 heterocycles. The number of benzene rings is 2. The molecule has 2 aromatic rings. The minimum absolute atomic E-state index is 0.245. The van der Waals surface area contributed by atoms with E-state index in [1.54, 1.807) is 32.2 Å². The molecule has 0 aliphatic carbocycles. The number of amides is 2. The van der Waals surface area contributed by atoms with Crippen molar-refractivity contribution in [1.29, 1.82) is 0 Å². The van der Waals surface area contributed by atoms with Crippen molar-refractivity contribution in [2.75, 3.05) is 42.1 Å². The van der Waals surface area contributed by atoms with E-state index in [0.717, 1.165) is 0 Å². The standard InChI is InChI=1S/C22H27N3O7/c1-13(16-8-7-15(28-2)11-17(16)29-3)24-25-20(26)12-23-22(27)14-9-18(30-4)21(32-6)19(10-14)31-5/h7-11H,12H2,1-6H3,(H,23,27)(H,25,26). The van der Waals surface area contributed by atoms with Crippen LogP contribution >= 0.6 is 0 Å². The molecule has 32 heavy (non-hydrogen) atoms. The topological polar surface area (TPSA) is 117 Å². The van der Waals surface area contributed by atoms with Gasteiger partial charge in [0, 0.05) is 17.2 Å². The Kier molecular flexibility index (Phi) is 8.70. The van der Waals surface area contributed by atoms with Gasteiger partial charge >= 0.3 is 0 Å². The number of hydrogen-bond acceptors (Lipinski definition) is 8. The fraction of sp³-hybridized carbons (Fsp3) is 0.318. The van der Waals surface area contributed by atoms with E-state index in [1.165, 1.54) is 40.6 Å². The Balaban J connectivity index is 2.03. The highest BCUT2D eigenvalue weighted by atomic mass is 16.5. The van der Waals surface area contributed by atoms with Crippen molar-refractivity contribution < 1.29 is 33.3 Å². The molecule has 0 spiro atoms. The summed E-state index contributed by atoms with van der Waals surface area (Å²) in [5.74, 6) is 1.22. The number of methoxy groups -OCH3 is 5. The Morgan fingerprint density at radius 1 is 0.844 bits per heavy atom. The molecule has 0 aliphatic heterocycles. The van der Waals surface area contributed by atoms with Gasteiger partial charge in [-0.25, -0.2) is 5.43 Å². The van der Waals surface area contributed by atoms with E-state index in [1.807, 2.05) is 0 Å². The van der Waals surface area contributed by atoms with Gasteiger partial charge in [-0.15, -0.1) is 0 Å². The van der Waals surface area contributed by atoms with Crippen LogP contribution in [0.3, 0.4) is 0 Å². The molecule has 0 fully saturated rings. The van der Waals surface area contributed by atoms with Gasteiger partial charge in [0.15, 0.2) is 11.5 Å². The molecule has 2 N–H and O–H groups in total. The highest BCUT2D eigenvalue weighted by Gasteiger charge is 2.17. The lowest BCUT2D eigenvalue weighted by molar-refractivity contribution is -0.120. The van der Waals surface area contributed by atoms with Crippen molar-refractivity contribution in [1.82, 2.24) is 10.7 Å². The normalized spacial score (nSPS) is 10.8. The summed E-state index contributed by atoms with van der Waals surface area (Å²) in [4.78, 5) is 24.6. The van der Waals surface area contributed by atoms with Gasteiger partial charge < -0.3 is 29.0 Å². The van der Waals surface area contributed by atoms with Gasteiger partial charge in [-0.1, -0.05) is 0 Å². The lowest BCUT2D eigenvalue weighted by atomic mass is 10.1. The molecule has 0 saturated heterocycles. The summed E-state index contributed by atoms with van der Waals surface area (Å²) in [5, 5.41) is 6.60. The highest BCUT2D eigenvalue weighted by Crippen LogP contribution is 2.38. The van der Waals surface area contributed by atoms with E-state index < -0.39 is 11.8 Å². The Morgan fingerprint density at radius 3 is 2.00 bits per heavy atom. The summed E-state index contributed by atoms with van der Waals surface area (Å²) in [6, 6.07) is 8.23. The molecular weight excluding hydrogens is 418 g/mol. The summed E-state index contributed by atoms with van der Waals surface area (Å²) in [7, 11) is 7.45. The molecule has 0 aliphatic rings. The van der Waals surface area contributed by atoms with Crippen LogP contribution in [0.4, 0.5) is 0 Å². The predicted octanol–water partition coefficient (Wildman–Crippen LogP) is 2.00. The van der Waals surface area contributed by atoms with Crippen LogP contribution in [-0.4, -0.2) is 59.6 Å². The van der Waals surface area contributed by atoms with Gasteiger partial charge in [-0.2, -0.15) is 5.10 Å². The molecule has 10 heteroatoms. The lowest BCUT2D eigenvalue weighted by Gasteiger charge is -2.14. The zero-order chi connectivity index (χ0) is 23.7. The maximum Gasteiger partial charge on any atom is 0.259 e. The molecule has 0 bridgehead atoms. The summed E-state index contributed by atoms with van der Waals surface area (Å²) in [6.07, 6.45) is 0. The zero-order valence-corrected chi connectivity index (χ0v) is 18.9. The summed E-state index contributed by atoms with van der Waals surface area (Å²) in [6.45, 7) is 1.44. The number of carbonyl (C=O) groups excluding carboxylic acids is 2. The van der Waals surface area contributed by atoms with Crippen molar-refractivity contribution >= 4 is 17.5 Å². The van der Waals surface area contributed by atoms with Crippen LogP contribution in [0.15, 0.2) is 35.4 Å². The van der Waals surface area contributed by atoms with Crippen molar-refractivity contribution in [3.63, 3.8) is 0 Å². The molecule has 10 nitrogen and oxygen atoms in total. The van der Waals surface area contributed by atoms with Crippen LogP contribution < -0.4 is 34.4 Å². The largest absolute Gasteiger partial charge is 0.497 e. The molecule has 2 amide bonds. The minimum atomic E-state index is -0.502. The zero-order valence-electron chi connectivity index (χ0n) is 18.9. The second kappa shape index (κ2) is 11.4. The molecule has 0 aromatic heterocycles. The fourth-order valence-electron chi connectivity index (χ4n) is 2.82. The monoisotopic (exact) mass is 445 g/mol. The number of ether oxygens (including phenoxy) is 5. The second-order valence-electron chi connectivity index (χ2n) is 6.40. The van der Waals surface area contributed by atoms with E-state index in [0.29, 0.717) is 40.0 Å². The summed E-state index contributed by atoms with van der Waals surface area (Å²) >= 11 is 0. The average Bonchev–Trinajstić information content (AvgIpc) is 2.83. The molecule has 0 saturated carbocycles. The third-order valence-corrected chi connectivity index (χ3v) is 4.48. The van der Waals surface area contributed by atoms with Crippen molar-refractivity contribution in [3.05, 3.63) is 41.5 Å². The quantitative estimate of drug-likeness (QED) is 0.424. The van der Waals surface area contributed by atoms with Crippen LogP contribution in [0.2, 0.25) is 0 Å². The molecular formula is C22H27N3O7. The van der Waals surface area contributed by atoms with Gasteiger partial charge in [-0.3, -0.25) is 9.59 Å². The molecule has 2 aromatic carbocycles. The first-order chi connectivity index (χ1) is 15.4. The SMILES string of the molecule is COc1ccc(C(C)=NNC(=O)CNC(=O)c2cc(OC)c(OC)c(OC)c2)c(OC)c1. The maximum absolute atomic E-state index is 12.5. The van der Waals surface area contributed by atoms with E-state index >= 15 is 0 Å². The van der Waals surface area contributed by atoms with Gasteiger partial charge in [0.2, 0.25) is 5.75 Å². The first-order valence-electron chi connectivity index (χ1n) is 9.52. The van der Waals surface area contributed by atoms with Crippen LogP contribution in [0, 0.1) is 0 Å². The van der Waals surface area contributed by atoms with E-state index in [-0.39, 0.29) is 12.1 Å². The molecule has 0 radical (unpaired) electrons. The van der Waals surface area contributed by atoms with Crippen molar-refractivity contribution in [2.24, 2.45) is 5.10 Å².